The van der Waals surface area contributed by atoms with Gasteiger partial charge in [-0.05, 0) is 5.41 Å². The van der Waals surface area contributed by atoms with E-state index in [1.165, 1.54) is 0 Å². The standard InChI is InChI=1S/C13H19NO3/c1-5-7-14(8-6-2)11(15)9-10(12(16)17)13(9,3)4/h5-6,9-10H,1-2,7-8H2,3-4H3,(H,16,17). The zero-order chi connectivity index (χ0) is 13.2. The van der Waals surface area contributed by atoms with Crippen LogP contribution in [-0.2, 0) is 9.59 Å². The first-order chi connectivity index (χ1) is 7.87. The summed E-state index contributed by atoms with van der Waals surface area (Å²) < 4.78 is 0. The van der Waals surface area contributed by atoms with Crippen LogP contribution < -0.4 is 0 Å². The number of hydrogen-bond acceptors (Lipinski definition) is 2. The molecule has 1 aliphatic rings. The minimum atomic E-state index is -0.898. The molecule has 0 saturated heterocycles. The van der Waals surface area contributed by atoms with Crippen molar-refractivity contribution in [3.63, 3.8) is 0 Å². The molecule has 94 valence electrons. The molecule has 1 saturated carbocycles. The van der Waals surface area contributed by atoms with Crippen molar-refractivity contribution >= 4 is 11.9 Å². The molecule has 0 heterocycles. The Balaban J connectivity index is 2.79. The maximum Gasteiger partial charge on any atom is 0.307 e. The second-order valence-corrected chi connectivity index (χ2v) is 4.94. The average Bonchev–Trinajstić information content (AvgIpc) is 2.80. The summed E-state index contributed by atoms with van der Waals surface area (Å²) in [6, 6.07) is 0. The third kappa shape index (κ3) is 2.40. The third-order valence-corrected chi connectivity index (χ3v) is 3.37. The van der Waals surface area contributed by atoms with E-state index in [-0.39, 0.29) is 5.91 Å². The molecule has 0 aromatic carbocycles. The first-order valence-electron chi connectivity index (χ1n) is 5.61. The van der Waals surface area contributed by atoms with E-state index in [2.05, 4.69) is 13.2 Å². The second-order valence-electron chi connectivity index (χ2n) is 4.94. The fourth-order valence-corrected chi connectivity index (χ4v) is 2.32. The minimum Gasteiger partial charge on any atom is -0.481 e. The van der Waals surface area contributed by atoms with Gasteiger partial charge in [0.15, 0.2) is 0 Å². The third-order valence-electron chi connectivity index (χ3n) is 3.37. The van der Waals surface area contributed by atoms with Gasteiger partial charge in [-0.1, -0.05) is 26.0 Å². The zero-order valence-electron chi connectivity index (χ0n) is 10.3. The molecule has 17 heavy (non-hydrogen) atoms. The van der Waals surface area contributed by atoms with Gasteiger partial charge in [-0.15, -0.1) is 13.2 Å². The van der Waals surface area contributed by atoms with Crippen molar-refractivity contribution in [2.24, 2.45) is 17.3 Å². The van der Waals surface area contributed by atoms with E-state index in [9.17, 15) is 9.59 Å². The lowest BCUT2D eigenvalue weighted by molar-refractivity contribution is -0.141. The fourth-order valence-electron chi connectivity index (χ4n) is 2.32. The van der Waals surface area contributed by atoms with Crippen LogP contribution in [0.15, 0.2) is 25.3 Å². The largest absolute Gasteiger partial charge is 0.481 e. The number of carbonyl (C=O) groups is 2. The summed E-state index contributed by atoms with van der Waals surface area (Å²) >= 11 is 0. The Morgan fingerprint density at radius 1 is 1.24 bits per heavy atom. The van der Waals surface area contributed by atoms with Crippen LogP contribution in [0.2, 0.25) is 0 Å². The summed E-state index contributed by atoms with van der Waals surface area (Å²) in [6.07, 6.45) is 3.26. The van der Waals surface area contributed by atoms with Crippen molar-refractivity contribution in [2.75, 3.05) is 13.1 Å². The quantitative estimate of drug-likeness (QED) is 0.713. The van der Waals surface area contributed by atoms with Crippen LogP contribution in [0.1, 0.15) is 13.8 Å². The van der Waals surface area contributed by atoms with Gasteiger partial charge in [-0.25, -0.2) is 0 Å². The van der Waals surface area contributed by atoms with E-state index in [0.29, 0.717) is 13.1 Å². The number of amides is 1. The molecule has 2 atom stereocenters. The van der Waals surface area contributed by atoms with Gasteiger partial charge in [0.05, 0.1) is 11.8 Å². The van der Waals surface area contributed by atoms with Crippen LogP contribution in [-0.4, -0.2) is 35.0 Å². The van der Waals surface area contributed by atoms with Gasteiger partial charge in [0, 0.05) is 13.1 Å². The maximum absolute atomic E-state index is 12.2. The van der Waals surface area contributed by atoms with Crippen molar-refractivity contribution in [2.45, 2.75) is 13.8 Å². The van der Waals surface area contributed by atoms with Gasteiger partial charge in [0.25, 0.3) is 0 Å². The molecule has 0 aliphatic heterocycles. The van der Waals surface area contributed by atoms with E-state index in [1.54, 1.807) is 17.1 Å². The Labute approximate surface area is 102 Å². The van der Waals surface area contributed by atoms with Gasteiger partial charge in [-0.2, -0.15) is 0 Å². The monoisotopic (exact) mass is 237 g/mol. The molecule has 1 fully saturated rings. The average molecular weight is 237 g/mol. The van der Waals surface area contributed by atoms with Gasteiger partial charge >= 0.3 is 5.97 Å². The van der Waals surface area contributed by atoms with Crippen molar-refractivity contribution in [3.8, 4) is 0 Å². The van der Waals surface area contributed by atoms with Gasteiger partial charge in [0.1, 0.15) is 0 Å². The van der Waals surface area contributed by atoms with Crippen molar-refractivity contribution < 1.29 is 14.7 Å². The molecular formula is C13H19NO3. The predicted octanol–water partition coefficient (Wildman–Crippen LogP) is 1.54. The highest BCUT2D eigenvalue weighted by atomic mass is 16.4. The van der Waals surface area contributed by atoms with E-state index in [1.807, 2.05) is 13.8 Å². The van der Waals surface area contributed by atoms with Crippen LogP contribution in [0.3, 0.4) is 0 Å². The highest BCUT2D eigenvalue weighted by Crippen LogP contribution is 2.58. The minimum absolute atomic E-state index is 0.123. The summed E-state index contributed by atoms with van der Waals surface area (Å²) in [5.74, 6) is -2.03. The summed E-state index contributed by atoms with van der Waals surface area (Å²) in [7, 11) is 0. The lowest BCUT2D eigenvalue weighted by Gasteiger charge is -2.20. The molecule has 4 heteroatoms. The summed E-state index contributed by atoms with van der Waals surface area (Å²) in [5.41, 5.74) is -0.455. The van der Waals surface area contributed by atoms with Crippen LogP contribution >= 0.6 is 0 Å². The Morgan fingerprint density at radius 2 is 1.71 bits per heavy atom. The highest BCUT2D eigenvalue weighted by Gasteiger charge is 2.66. The molecule has 1 amide bonds. The first kappa shape index (κ1) is 13.5. The number of carboxylic acids is 1. The zero-order valence-corrected chi connectivity index (χ0v) is 10.3. The molecule has 1 N–H and O–H groups in total. The molecule has 2 unspecified atom stereocenters. The van der Waals surface area contributed by atoms with Crippen LogP contribution in [0.25, 0.3) is 0 Å². The molecule has 1 rings (SSSR count). The van der Waals surface area contributed by atoms with E-state index >= 15 is 0 Å². The number of rotatable bonds is 6. The smallest absolute Gasteiger partial charge is 0.307 e. The molecule has 0 aromatic rings. The van der Waals surface area contributed by atoms with Crippen molar-refractivity contribution in [1.29, 1.82) is 0 Å². The second kappa shape index (κ2) is 4.73. The van der Waals surface area contributed by atoms with Gasteiger partial charge in [0.2, 0.25) is 5.91 Å². The predicted molar refractivity (Wildman–Crippen MR) is 65.4 cm³/mol. The summed E-state index contributed by atoms with van der Waals surface area (Å²) in [4.78, 5) is 24.8. The summed E-state index contributed by atoms with van der Waals surface area (Å²) in [5, 5.41) is 9.04. The number of aliphatic carboxylic acids is 1. The lowest BCUT2D eigenvalue weighted by Crippen LogP contribution is -2.34. The number of hydrogen-bond donors (Lipinski definition) is 1. The van der Waals surface area contributed by atoms with Crippen LogP contribution in [0, 0.1) is 17.3 Å². The SMILES string of the molecule is C=CCN(CC=C)C(=O)C1C(C(=O)O)C1(C)C. The normalized spacial score (nSPS) is 24.8. The fraction of sp³-hybridized carbons (Fsp3) is 0.538. The van der Waals surface area contributed by atoms with Crippen LogP contribution in [0.4, 0.5) is 0 Å². The Morgan fingerprint density at radius 3 is 2.00 bits per heavy atom. The Bertz CT molecular complexity index is 350. The first-order valence-corrected chi connectivity index (χ1v) is 5.61. The molecule has 0 aromatic heterocycles. The van der Waals surface area contributed by atoms with E-state index in [4.69, 9.17) is 5.11 Å². The number of carboxylic acid groups (broad SMARTS) is 1. The molecule has 0 bridgehead atoms. The molecule has 0 spiro atoms. The molecule has 0 radical (unpaired) electrons. The molecule has 1 aliphatic carbocycles. The molecular weight excluding hydrogens is 218 g/mol. The van der Waals surface area contributed by atoms with Crippen molar-refractivity contribution in [1.82, 2.24) is 4.90 Å². The van der Waals surface area contributed by atoms with E-state index < -0.39 is 23.2 Å². The highest BCUT2D eigenvalue weighted by molar-refractivity contribution is 5.91. The molecule has 4 nitrogen and oxygen atoms in total. The summed E-state index contributed by atoms with van der Waals surface area (Å²) in [6.45, 7) is 11.7. The van der Waals surface area contributed by atoms with Crippen LogP contribution in [0.5, 0.6) is 0 Å². The Hall–Kier alpha value is -1.58. The van der Waals surface area contributed by atoms with E-state index in [0.717, 1.165) is 0 Å². The van der Waals surface area contributed by atoms with Gasteiger partial charge in [-0.3, -0.25) is 9.59 Å². The Kier molecular flexibility index (Phi) is 3.76. The lowest BCUT2D eigenvalue weighted by atomic mass is 10.1. The van der Waals surface area contributed by atoms with Gasteiger partial charge < -0.3 is 10.0 Å². The number of nitrogens with zero attached hydrogens (tertiary/aromatic N) is 1. The number of carbonyl (C=O) groups excluding carboxylic acids is 1. The van der Waals surface area contributed by atoms with Crippen molar-refractivity contribution in [3.05, 3.63) is 25.3 Å². The topological polar surface area (TPSA) is 57.6 Å². The maximum atomic E-state index is 12.2.